The Labute approximate surface area is 125 Å². The smallest absolute Gasteiger partial charge is 0.257 e. The van der Waals surface area contributed by atoms with Crippen molar-refractivity contribution >= 4 is 11.7 Å². The first kappa shape index (κ1) is 15.7. The molecule has 1 aromatic heterocycles. The number of hydrogen-bond acceptors (Lipinski definition) is 3. The van der Waals surface area contributed by atoms with Gasteiger partial charge in [-0.3, -0.25) is 4.79 Å². The zero-order valence-corrected chi connectivity index (χ0v) is 13.0. The predicted molar refractivity (Wildman–Crippen MR) is 81.9 cm³/mol. The molecule has 4 nitrogen and oxygen atoms in total. The van der Waals surface area contributed by atoms with Crippen molar-refractivity contribution in [2.24, 2.45) is 5.92 Å². The summed E-state index contributed by atoms with van der Waals surface area (Å²) in [5.74, 6) is -0.136. The quantitative estimate of drug-likeness (QED) is 0.926. The number of carbonyl (C=O) groups excluding carboxylic acids is 1. The Kier molecular flexibility index (Phi) is 5.15. The molecule has 1 aromatic rings. The van der Waals surface area contributed by atoms with Gasteiger partial charge in [0.25, 0.3) is 5.91 Å². The van der Waals surface area contributed by atoms with Crippen LogP contribution >= 0.6 is 0 Å². The van der Waals surface area contributed by atoms with E-state index in [4.69, 9.17) is 0 Å². The topological polar surface area (TPSA) is 45.2 Å². The Morgan fingerprint density at radius 3 is 2.95 bits per heavy atom. The van der Waals surface area contributed by atoms with Crippen molar-refractivity contribution in [3.8, 4) is 0 Å². The van der Waals surface area contributed by atoms with Crippen LogP contribution < -0.4 is 5.32 Å². The monoisotopic (exact) mass is 293 g/mol. The van der Waals surface area contributed by atoms with Crippen LogP contribution in [-0.2, 0) is 0 Å². The second-order valence-corrected chi connectivity index (χ2v) is 5.94. The summed E-state index contributed by atoms with van der Waals surface area (Å²) in [7, 11) is 0. The molecule has 1 amide bonds. The number of amides is 1. The van der Waals surface area contributed by atoms with Crippen LogP contribution in [0.4, 0.5) is 10.2 Å². The number of anilines is 1. The van der Waals surface area contributed by atoms with Crippen molar-refractivity contribution in [3.63, 3.8) is 0 Å². The standard InChI is InChI=1S/C16H24FN3O/c1-4-8-18-15-14(17)13(7-9-19-15)16(21)20-10-11(2)5-6-12(20)3/h7,9,11-12H,4-6,8,10H2,1-3H3,(H,18,19). The molecule has 21 heavy (non-hydrogen) atoms. The highest BCUT2D eigenvalue weighted by molar-refractivity contribution is 5.95. The second-order valence-electron chi connectivity index (χ2n) is 5.94. The van der Waals surface area contributed by atoms with Gasteiger partial charge in [-0.15, -0.1) is 0 Å². The highest BCUT2D eigenvalue weighted by atomic mass is 19.1. The van der Waals surface area contributed by atoms with Crippen molar-refractivity contribution in [1.29, 1.82) is 0 Å². The molecule has 1 aliphatic heterocycles. The van der Waals surface area contributed by atoms with E-state index in [1.807, 2.05) is 13.8 Å². The number of carbonyl (C=O) groups is 1. The van der Waals surface area contributed by atoms with E-state index in [1.54, 1.807) is 4.90 Å². The molecule has 0 spiro atoms. The largest absolute Gasteiger partial charge is 0.368 e. The number of piperidine rings is 1. The van der Waals surface area contributed by atoms with Gasteiger partial charge in [-0.25, -0.2) is 9.37 Å². The fraction of sp³-hybridized carbons (Fsp3) is 0.625. The molecule has 2 heterocycles. The number of halogens is 1. The molecule has 1 N–H and O–H groups in total. The van der Waals surface area contributed by atoms with E-state index in [1.165, 1.54) is 12.3 Å². The van der Waals surface area contributed by atoms with Crippen molar-refractivity contribution in [2.75, 3.05) is 18.4 Å². The van der Waals surface area contributed by atoms with E-state index >= 15 is 0 Å². The van der Waals surface area contributed by atoms with Crippen molar-refractivity contribution in [2.45, 2.75) is 46.1 Å². The first-order chi connectivity index (χ1) is 10.0. The average Bonchev–Trinajstić information content (AvgIpc) is 2.48. The molecule has 0 bridgehead atoms. The summed E-state index contributed by atoms with van der Waals surface area (Å²) in [4.78, 5) is 18.4. The minimum atomic E-state index is -0.540. The van der Waals surface area contributed by atoms with Gasteiger partial charge in [0, 0.05) is 25.3 Å². The SMILES string of the molecule is CCCNc1nccc(C(=O)N2CC(C)CCC2C)c1F. The van der Waals surface area contributed by atoms with Gasteiger partial charge in [-0.1, -0.05) is 13.8 Å². The molecule has 1 saturated heterocycles. The van der Waals surface area contributed by atoms with E-state index in [2.05, 4.69) is 17.2 Å². The zero-order chi connectivity index (χ0) is 15.4. The van der Waals surface area contributed by atoms with E-state index in [-0.39, 0.29) is 23.3 Å². The minimum Gasteiger partial charge on any atom is -0.368 e. The van der Waals surface area contributed by atoms with Crippen LogP contribution in [0, 0.1) is 11.7 Å². The van der Waals surface area contributed by atoms with Gasteiger partial charge in [0.1, 0.15) is 0 Å². The normalized spacial score (nSPS) is 22.2. The summed E-state index contributed by atoms with van der Waals surface area (Å²) in [5, 5.41) is 2.92. The molecule has 2 unspecified atom stereocenters. The zero-order valence-electron chi connectivity index (χ0n) is 13.0. The summed E-state index contributed by atoms with van der Waals surface area (Å²) in [6, 6.07) is 1.63. The maximum absolute atomic E-state index is 14.5. The third-order valence-corrected chi connectivity index (χ3v) is 4.04. The predicted octanol–water partition coefficient (Wildman–Crippen LogP) is 3.30. The third-order valence-electron chi connectivity index (χ3n) is 4.04. The summed E-state index contributed by atoms with van der Waals surface area (Å²) in [6.45, 7) is 7.48. The number of likely N-dealkylation sites (tertiary alicyclic amines) is 1. The molecule has 0 aliphatic carbocycles. The van der Waals surface area contributed by atoms with E-state index < -0.39 is 5.82 Å². The van der Waals surface area contributed by atoms with Crippen LogP contribution in [0.5, 0.6) is 0 Å². The highest BCUT2D eigenvalue weighted by Gasteiger charge is 2.29. The summed E-state index contributed by atoms with van der Waals surface area (Å²) in [6.07, 6.45) is 4.46. The second kappa shape index (κ2) is 6.87. The average molecular weight is 293 g/mol. The van der Waals surface area contributed by atoms with Crippen molar-refractivity contribution < 1.29 is 9.18 Å². The van der Waals surface area contributed by atoms with Gasteiger partial charge in [0.15, 0.2) is 11.6 Å². The van der Waals surface area contributed by atoms with Gasteiger partial charge in [0.2, 0.25) is 0 Å². The fourth-order valence-corrected chi connectivity index (χ4v) is 2.70. The van der Waals surface area contributed by atoms with E-state index in [0.29, 0.717) is 19.0 Å². The molecule has 2 atom stereocenters. The number of nitrogens with one attached hydrogen (secondary N) is 1. The highest BCUT2D eigenvalue weighted by Crippen LogP contribution is 2.25. The Balaban J connectivity index is 2.22. The van der Waals surface area contributed by atoms with Crippen LogP contribution in [0.15, 0.2) is 12.3 Å². The Hall–Kier alpha value is -1.65. The maximum atomic E-state index is 14.5. The Morgan fingerprint density at radius 1 is 1.48 bits per heavy atom. The van der Waals surface area contributed by atoms with Crippen molar-refractivity contribution in [3.05, 3.63) is 23.6 Å². The first-order valence-electron chi connectivity index (χ1n) is 7.74. The van der Waals surface area contributed by atoms with Gasteiger partial charge in [0.05, 0.1) is 5.56 Å². The molecule has 1 aliphatic rings. The van der Waals surface area contributed by atoms with Gasteiger partial charge >= 0.3 is 0 Å². The van der Waals surface area contributed by atoms with Gasteiger partial charge in [-0.05, 0) is 38.2 Å². The minimum absolute atomic E-state index is 0.115. The molecule has 1 fully saturated rings. The van der Waals surface area contributed by atoms with Crippen LogP contribution in [0.3, 0.4) is 0 Å². The third kappa shape index (κ3) is 3.52. The first-order valence-corrected chi connectivity index (χ1v) is 7.74. The van der Waals surface area contributed by atoms with Gasteiger partial charge in [-0.2, -0.15) is 0 Å². The van der Waals surface area contributed by atoms with Crippen LogP contribution in [0.2, 0.25) is 0 Å². The number of hydrogen-bond donors (Lipinski definition) is 1. The lowest BCUT2D eigenvalue weighted by atomic mass is 9.94. The molecular formula is C16H24FN3O. The summed E-state index contributed by atoms with van der Waals surface area (Å²) in [5.41, 5.74) is 0.115. The van der Waals surface area contributed by atoms with E-state index in [9.17, 15) is 9.18 Å². The van der Waals surface area contributed by atoms with Crippen LogP contribution in [0.1, 0.15) is 50.4 Å². The number of pyridine rings is 1. The number of aromatic nitrogens is 1. The number of nitrogens with zero attached hydrogens (tertiary/aromatic N) is 2. The van der Waals surface area contributed by atoms with Crippen molar-refractivity contribution in [1.82, 2.24) is 9.88 Å². The summed E-state index contributed by atoms with van der Waals surface area (Å²) >= 11 is 0. The van der Waals surface area contributed by atoms with Crippen LogP contribution in [-0.4, -0.2) is 34.9 Å². The molecular weight excluding hydrogens is 269 g/mol. The lowest BCUT2D eigenvalue weighted by Crippen LogP contribution is -2.45. The fourth-order valence-electron chi connectivity index (χ4n) is 2.70. The molecule has 0 aromatic carbocycles. The molecule has 2 rings (SSSR count). The molecule has 0 saturated carbocycles. The lowest BCUT2D eigenvalue weighted by Gasteiger charge is -2.37. The van der Waals surface area contributed by atoms with E-state index in [0.717, 1.165) is 19.3 Å². The number of rotatable bonds is 4. The van der Waals surface area contributed by atoms with Gasteiger partial charge < -0.3 is 10.2 Å². The maximum Gasteiger partial charge on any atom is 0.257 e. The van der Waals surface area contributed by atoms with Crippen LogP contribution in [0.25, 0.3) is 0 Å². The molecule has 116 valence electrons. The molecule has 0 radical (unpaired) electrons. The Bertz CT molecular complexity index is 506. The summed E-state index contributed by atoms with van der Waals surface area (Å²) < 4.78 is 14.5. The Morgan fingerprint density at radius 2 is 2.24 bits per heavy atom. The lowest BCUT2D eigenvalue weighted by molar-refractivity contribution is 0.0569. The molecule has 5 heteroatoms.